The van der Waals surface area contributed by atoms with E-state index in [1.54, 1.807) is 12.2 Å². The lowest BCUT2D eigenvalue weighted by molar-refractivity contribution is 0.00465. The van der Waals surface area contributed by atoms with Crippen LogP contribution in [0.5, 0.6) is 0 Å². The zero-order chi connectivity index (χ0) is 17.4. The third kappa shape index (κ3) is 3.98. The topological polar surface area (TPSA) is 49.7 Å². The van der Waals surface area contributed by atoms with Gasteiger partial charge in [0.05, 0.1) is 18.8 Å². The van der Waals surface area contributed by atoms with Gasteiger partial charge in [-0.25, -0.2) is 0 Å². The molecule has 0 amide bonds. The molecule has 0 radical (unpaired) electrons. The zero-order valence-electron chi connectivity index (χ0n) is 15.5. The molecule has 0 spiro atoms. The number of aliphatic hydroxyl groups is 2. The molecule has 5 atom stereocenters. The van der Waals surface area contributed by atoms with Crippen LogP contribution in [0.25, 0.3) is 0 Å². The minimum atomic E-state index is -1.76. The average molecular weight is 339 g/mol. The molecule has 0 aromatic heterocycles. The highest BCUT2D eigenvalue weighted by Gasteiger charge is 2.42. The maximum absolute atomic E-state index is 10.4. The van der Waals surface area contributed by atoms with Gasteiger partial charge < -0.3 is 14.6 Å². The lowest BCUT2D eigenvalue weighted by atomic mass is 9.65. The Morgan fingerprint density at radius 1 is 1.17 bits per heavy atom. The molecule has 0 heterocycles. The molecule has 0 saturated heterocycles. The smallest absolute Gasteiger partial charge is 0.192 e. The van der Waals surface area contributed by atoms with Crippen molar-refractivity contribution in [2.75, 3.05) is 6.61 Å². The summed E-state index contributed by atoms with van der Waals surface area (Å²) in [5, 5.41) is 20.9. The van der Waals surface area contributed by atoms with Crippen LogP contribution in [0.4, 0.5) is 0 Å². The molecular weight excluding hydrogens is 304 g/mol. The van der Waals surface area contributed by atoms with Gasteiger partial charge in [0, 0.05) is 5.92 Å². The van der Waals surface area contributed by atoms with Crippen LogP contribution in [0, 0.1) is 17.8 Å². The van der Waals surface area contributed by atoms with Gasteiger partial charge >= 0.3 is 0 Å². The largest absolute Gasteiger partial charge is 0.413 e. The first kappa shape index (κ1) is 18.9. The van der Waals surface area contributed by atoms with Crippen LogP contribution >= 0.6 is 0 Å². The van der Waals surface area contributed by atoms with Crippen molar-refractivity contribution in [3.63, 3.8) is 0 Å². The second-order valence-electron chi connectivity index (χ2n) is 8.76. The summed E-state index contributed by atoms with van der Waals surface area (Å²) in [5.74, 6) is 0.570. The molecule has 0 aromatic rings. The molecule has 132 valence electrons. The van der Waals surface area contributed by atoms with E-state index in [4.69, 9.17) is 4.43 Å². The van der Waals surface area contributed by atoms with Crippen molar-refractivity contribution in [2.24, 2.45) is 17.8 Å². The highest BCUT2D eigenvalue weighted by atomic mass is 28.4. The number of hydrogen-bond acceptors (Lipinski definition) is 3. The Morgan fingerprint density at radius 3 is 2.35 bits per heavy atom. The van der Waals surface area contributed by atoms with Gasteiger partial charge in [0.1, 0.15) is 0 Å². The van der Waals surface area contributed by atoms with Gasteiger partial charge in [-0.2, -0.15) is 0 Å². The number of aliphatic hydroxyl groups excluding tert-OH is 2. The fourth-order valence-corrected chi connectivity index (χ4v) is 4.56. The van der Waals surface area contributed by atoms with Crippen LogP contribution in [-0.2, 0) is 4.43 Å². The summed E-state index contributed by atoms with van der Waals surface area (Å²) in [7, 11) is -1.76. The SMILES string of the molecule is CC[C@H]1C=C(CO[Si](C)(C)C(C)(C)C)C[C@@H]2[C@H]1[C@H](O)C=C[C@@H]2O. The van der Waals surface area contributed by atoms with Crippen LogP contribution in [0.15, 0.2) is 23.8 Å². The predicted molar refractivity (Wildman–Crippen MR) is 97.8 cm³/mol. The molecule has 0 fully saturated rings. The quantitative estimate of drug-likeness (QED) is 0.604. The van der Waals surface area contributed by atoms with Crippen LogP contribution in [-0.4, -0.2) is 37.3 Å². The summed E-state index contributed by atoms with van der Waals surface area (Å²) in [6, 6.07) is 0. The van der Waals surface area contributed by atoms with Gasteiger partial charge in [0.2, 0.25) is 0 Å². The van der Waals surface area contributed by atoms with E-state index < -0.39 is 20.5 Å². The lowest BCUT2D eigenvalue weighted by Crippen LogP contribution is -2.45. The molecule has 3 nitrogen and oxygen atoms in total. The molecule has 23 heavy (non-hydrogen) atoms. The van der Waals surface area contributed by atoms with Gasteiger partial charge in [-0.1, -0.05) is 45.9 Å². The summed E-state index contributed by atoms with van der Waals surface area (Å²) in [6.07, 6.45) is 6.77. The summed E-state index contributed by atoms with van der Waals surface area (Å²) in [4.78, 5) is 0. The minimum Gasteiger partial charge on any atom is -0.413 e. The molecule has 4 heteroatoms. The van der Waals surface area contributed by atoms with Crippen molar-refractivity contribution in [1.82, 2.24) is 0 Å². The molecule has 0 unspecified atom stereocenters. The van der Waals surface area contributed by atoms with Crippen molar-refractivity contribution < 1.29 is 14.6 Å². The highest BCUT2D eigenvalue weighted by molar-refractivity contribution is 6.74. The van der Waals surface area contributed by atoms with Crippen molar-refractivity contribution >= 4 is 8.32 Å². The Morgan fingerprint density at radius 2 is 1.78 bits per heavy atom. The van der Waals surface area contributed by atoms with Crippen molar-refractivity contribution in [3.8, 4) is 0 Å². The van der Waals surface area contributed by atoms with E-state index in [-0.39, 0.29) is 16.9 Å². The predicted octanol–water partition coefficient (Wildman–Crippen LogP) is 3.89. The molecule has 0 bridgehead atoms. The van der Waals surface area contributed by atoms with Gasteiger partial charge in [-0.05, 0) is 48.4 Å². The van der Waals surface area contributed by atoms with Gasteiger partial charge in [-0.3, -0.25) is 0 Å². The van der Waals surface area contributed by atoms with Crippen LogP contribution in [0.1, 0.15) is 40.5 Å². The molecule has 0 aromatic carbocycles. The summed E-state index contributed by atoms with van der Waals surface area (Å²) in [5.41, 5.74) is 1.30. The van der Waals surface area contributed by atoms with Gasteiger partial charge in [-0.15, -0.1) is 0 Å². The Hall–Kier alpha value is -0.423. The minimum absolute atomic E-state index is 0.114. The first-order valence-corrected chi connectivity index (χ1v) is 11.9. The Bertz CT molecular complexity index is 475. The third-order valence-corrected chi connectivity index (χ3v) is 10.6. The van der Waals surface area contributed by atoms with E-state index in [1.807, 2.05) is 0 Å². The summed E-state index contributed by atoms with van der Waals surface area (Å²) < 4.78 is 6.38. The van der Waals surface area contributed by atoms with Crippen LogP contribution in [0.2, 0.25) is 18.1 Å². The second-order valence-corrected chi connectivity index (χ2v) is 13.6. The molecule has 2 aliphatic rings. The van der Waals surface area contributed by atoms with E-state index in [2.05, 4.69) is 46.9 Å². The first-order chi connectivity index (χ1) is 10.6. The molecule has 0 aliphatic heterocycles. The standard InChI is InChI=1S/C19H34O3Si/c1-7-14-10-13(12-22-23(5,6)19(2,3)4)11-15-16(20)8-9-17(21)18(14)15/h8-10,14-18,20-21H,7,11-12H2,1-6H3/t14-,15-,16-,17+,18-/m0/s1. The van der Waals surface area contributed by atoms with Gasteiger partial charge in [0.15, 0.2) is 8.32 Å². The number of allylic oxidation sites excluding steroid dienone is 1. The van der Waals surface area contributed by atoms with E-state index in [9.17, 15) is 10.2 Å². The summed E-state index contributed by atoms with van der Waals surface area (Å²) in [6.45, 7) is 14.1. The Kier molecular flexibility index (Phi) is 5.61. The lowest BCUT2D eigenvalue weighted by Gasteiger charge is -2.44. The zero-order valence-corrected chi connectivity index (χ0v) is 16.5. The van der Waals surface area contributed by atoms with Crippen LogP contribution in [0.3, 0.4) is 0 Å². The monoisotopic (exact) mass is 338 g/mol. The number of fused-ring (bicyclic) bond motifs is 1. The maximum Gasteiger partial charge on any atom is 0.192 e. The second kappa shape index (κ2) is 6.83. The van der Waals surface area contributed by atoms with Crippen molar-refractivity contribution in [2.45, 2.75) is 70.9 Å². The molecule has 2 N–H and O–H groups in total. The fourth-order valence-electron chi connectivity index (χ4n) is 3.58. The Labute approximate surface area is 142 Å². The fraction of sp³-hybridized carbons (Fsp3) is 0.789. The normalized spacial score (nSPS) is 35.0. The molecule has 2 aliphatic carbocycles. The molecule has 2 rings (SSSR count). The van der Waals surface area contributed by atoms with E-state index in [0.717, 1.165) is 12.8 Å². The summed E-state index contributed by atoms with van der Waals surface area (Å²) >= 11 is 0. The maximum atomic E-state index is 10.4. The van der Waals surface area contributed by atoms with E-state index >= 15 is 0 Å². The van der Waals surface area contributed by atoms with Crippen LogP contribution < -0.4 is 0 Å². The third-order valence-electron chi connectivity index (χ3n) is 6.17. The highest BCUT2D eigenvalue weighted by Crippen LogP contribution is 2.43. The van der Waals surface area contributed by atoms with E-state index in [0.29, 0.717) is 12.5 Å². The number of hydrogen-bond donors (Lipinski definition) is 2. The Balaban J connectivity index is 2.12. The van der Waals surface area contributed by atoms with E-state index in [1.165, 1.54) is 5.57 Å². The first-order valence-electron chi connectivity index (χ1n) is 8.95. The van der Waals surface area contributed by atoms with Crippen molar-refractivity contribution in [3.05, 3.63) is 23.8 Å². The van der Waals surface area contributed by atoms with Crippen molar-refractivity contribution in [1.29, 1.82) is 0 Å². The number of rotatable bonds is 4. The molecule has 0 saturated carbocycles. The molecular formula is C19H34O3Si. The average Bonchev–Trinajstić information content (AvgIpc) is 2.47. The van der Waals surface area contributed by atoms with Gasteiger partial charge in [0.25, 0.3) is 0 Å².